The van der Waals surface area contributed by atoms with Crippen LogP contribution >= 0.6 is 23.1 Å². The normalized spacial score (nSPS) is 17.2. The number of carbonyl (C=O) groups excluding carboxylic acids is 1. The molecule has 28 heavy (non-hydrogen) atoms. The van der Waals surface area contributed by atoms with Gasteiger partial charge in [-0.3, -0.25) is 14.2 Å². The highest BCUT2D eigenvalue weighted by molar-refractivity contribution is 7.99. The summed E-state index contributed by atoms with van der Waals surface area (Å²) in [6.07, 6.45) is 8.91. The van der Waals surface area contributed by atoms with Crippen LogP contribution in [0.5, 0.6) is 0 Å². The minimum absolute atomic E-state index is 0.0108. The Balaban J connectivity index is 1.54. The Hall–Kier alpha value is -1.38. The summed E-state index contributed by atoms with van der Waals surface area (Å²) in [5, 5.41) is 4.54. The van der Waals surface area contributed by atoms with Crippen molar-refractivity contribution in [3.8, 4) is 0 Å². The molecule has 0 atom stereocenters. The van der Waals surface area contributed by atoms with Crippen LogP contribution in [-0.4, -0.2) is 41.0 Å². The fraction of sp³-hybridized carbons (Fsp3) is 0.650. The molecule has 2 aromatic heterocycles. The summed E-state index contributed by atoms with van der Waals surface area (Å²) >= 11 is 3.00. The number of amides is 1. The molecule has 152 valence electrons. The van der Waals surface area contributed by atoms with Crippen LogP contribution < -0.4 is 10.9 Å². The maximum absolute atomic E-state index is 13.2. The Bertz CT molecular complexity index is 916. The van der Waals surface area contributed by atoms with Crippen molar-refractivity contribution in [3.63, 3.8) is 0 Å². The van der Waals surface area contributed by atoms with Crippen LogP contribution in [0.4, 0.5) is 0 Å². The number of hydrogen-bond donors (Lipinski definition) is 1. The van der Waals surface area contributed by atoms with Gasteiger partial charge in [0.05, 0.1) is 24.3 Å². The Labute approximate surface area is 173 Å². The van der Waals surface area contributed by atoms with E-state index in [1.165, 1.54) is 41.5 Å². The number of hydrogen-bond acceptors (Lipinski definition) is 6. The molecule has 2 heterocycles. The van der Waals surface area contributed by atoms with E-state index in [9.17, 15) is 9.59 Å². The minimum atomic E-state index is 0.0108. The number of thiophene rings is 1. The van der Waals surface area contributed by atoms with Gasteiger partial charge in [-0.05, 0) is 37.7 Å². The molecule has 0 saturated heterocycles. The lowest BCUT2D eigenvalue weighted by Crippen LogP contribution is -2.37. The zero-order valence-corrected chi connectivity index (χ0v) is 17.9. The summed E-state index contributed by atoms with van der Waals surface area (Å²) in [6.45, 7) is 0.900. The van der Waals surface area contributed by atoms with E-state index >= 15 is 0 Å². The lowest BCUT2D eigenvalue weighted by atomic mass is 9.95. The Morgan fingerprint density at radius 3 is 2.89 bits per heavy atom. The van der Waals surface area contributed by atoms with Crippen molar-refractivity contribution in [1.82, 2.24) is 14.9 Å². The van der Waals surface area contributed by atoms with E-state index in [0.717, 1.165) is 42.3 Å². The summed E-state index contributed by atoms with van der Waals surface area (Å²) in [6, 6.07) is 0.299. The highest BCUT2D eigenvalue weighted by Gasteiger charge is 2.24. The Morgan fingerprint density at radius 2 is 2.11 bits per heavy atom. The molecule has 0 aromatic carbocycles. The molecular formula is C20H27N3O3S2. The summed E-state index contributed by atoms with van der Waals surface area (Å²) in [5.74, 6) is 0.310. The number of nitrogens with zero attached hydrogens (tertiary/aromatic N) is 2. The van der Waals surface area contributed by atoms with Crippen molar-refractivity contribution < 1.29 is 9.53 Å². The third-order valence-electron chi connectivity index (χ3n) is 5.61. The summed E-state index contributed by atoms with van der Waals surface area (Å²) < 4.78 is 6.88. The molecule has 0 spiro atoms. The molecule has 4 rings (SSSR count). The van der Waals surface area contributed by atoms with Crippen LogP contribution in [0, 0.1) is 0 Å². The first-order valence-corrected chi connectivity index (χ1v) is 11.9. The van der Waals surface area contributed by atoms with Crippen LogP contribution in [-0.2, 0) is 28.9 Å². The minimum Gasteiger partial charge on any atom is -0.383 e. The quantitative estimate of drug-likeness (QED) is 0.549. The first kappa shape index (κ1) is 19.9. The van der Waals surface area contributed by atoms with Gasteiger partial charge in [-0.25, -0.2) is 4.98 Å². The summed E-state index contributed by atoms with van der Waals surface area (Å²) in [5.41, 5.74) is 1.20. The second kappa shape index (κ2) is 8.97. The molecule has 0 radical (unpaired) electrons. The Kier molecular flexibility index (Phi) is 6.38. The zero-order chi connectivity index (χ0) is 19.5. The van der Waals surface area contributed by atoms with Crippen molar-refractivity contribution in [1.29, 1.82) is 0 Å². The van der Waals surface area contributed by atoms with Gasteiger partial charge in [0.15, 0.2) is 5.16 Å². The highest BCUT2D eigenvalue weighted by Crippen LogP contribution is 2.35. The zero-order valence-electron chi connectivity index (χ0n) is 16.3. The predicted octanol–water partition coefficient (Wildman–Crippen LogP) is 3.13. The molecule has 1 fully saturated rings. The van der Waals surface area contributed by atoms with Crippen LogP contribution in [0.3, 0.4) is 0 Å². The van der Waals surface area contributed by atoms with Crippen LogP contribution in [0.1, 0.15) is 49.0 Å². The van der Waals surface area contributed by atoms with Gasteiger partial charge < -0.3 is 10.1 Å². The number of carbonyl (C=O) groups is 1. The van der Waals surface area contributed by atoms with Gasteiger partial charge in [0.25, 0.3) is 5.56 Å². The topological polar surface area (TPSA) is 73.2 Å². The van der Waals surface area contributed by atoms with Crippen molar-refractivity contribution in [2.24, 2.45) is 0 Å². The smallest absolute Gasteiger partial charge is 0.263 e. The van der Waals surface area contributed by atoms with Crippen molar-refractivity contribution >= 4 is 39.2 Å². The van der Waals surface area contributed by atoms with Gasteiger partial charge in [0.2, 0.25) is 5.91 Å². The molecule has 1 amide bonds. The summed E-state index contributed by atoms with van der Waals surface area (Å²) in [4.78, 5) is 32.5. The maximum Gasteiger partial charge on any atom is 0.263 e. The number of fused-ring (bicyclic) bond motifs is 3. The van der Waals surface area contributed by atoms with Crippen LogP contribution in [0.25, 0.3) is 10.2 Å². The largest absolute Gasteiger partial charge is 0.383 e. The average molecular weight is 422 g/mol. The molecule has 6 nitrogen and oxygen atoms in total. The predicted molar refractivity (Wildman–Crippen MR) is 114 cm³/mol. The van der Waals surface area contributed by atoms with E-state index < -0.39 is 0 Å². The fourth-order valence-electron chi connectivity index (χ4n) is 4.19. The number of nitrogens with one attached hydrogen (secondary N) is 1. The van der Waals surface area contributed by atoms with E-state index in [1.807, 2.05) is 0 Å². The van der Waals surface area contributed by atoms with E-state index in [0.29, 0.717) is 24.3 Å². The molecule has 0 bridgehead atoms. The van der Waals surface area contributed by atoms with Crippen LogP contribution in [0.2, 0.25) is 0 Å². The van der Waals surface area contributed by atoms with Crippen molar-refractivity contribution in [2.45, 2.75) is 69.1 Å². The molecule has 1 saturated carbocycles. The SMILES string of the molecule is COCCn1c(SCC(=O)NC2CCCCC2)nc2sc3c(c2c1=O)CCC3. The highest BCUT2D eigenvalue weighted by atomic mass is 32.2. The number of methoxy groups -OCH3 is 1. The summed E-state index contributed by atoms with van der Waals surface area (Å²) in [7, 11) is 1.63. The molecule has 2 aliphatic rings. The van der Waals surface area contributed by atoms with Gasteiger partial charge >= 0.3 is 0 Å². The molecule has 2 aromatic rings. The number of aryl methyl sites for hydroxylation is 2. The van der Waals surface area contributed by atoms with Gasteiger partial charge in [0, 0.05) is 18.0 Å². The third-order valence-corrected chi connectivity index (χ3v) is 7.77. The maximum atomic E-state index is 13.2. The second-order valence-corrected chi connectivity index (χ2v) is 9.60. The number of aromatic nitrogens is 2. The van der Waals surface area contributed by atoms with Gasteiger partial charge in [-0.2, -0.15) is 0 Å². The third kappa shape index (κ3) is 4.14. The first-order valence-electron chi connectivity index (χ1n) is 10.1. The van der Waals surface area contributed by atoms with Crippen LogP contribution in [0.15, 0.2) is 9.95 Å². The fourth-order valence-corrected chi connectivity index (χ4v) is 6.33. The van der Waals surface area contributed by atoms with Crippen molar-refractivity contribution in [2.75, 3.05) is 19.5 Å². The lowest BCUT2D eigenvalue weighted by molar-refractivity contribution is -0.119. The lowest BCUT2D eigenvalue weighted by Gasteiger charge is -2.22. The monoisotopic (exact) mass is 421 g/mol. The van der Waals surface area contributed by atoms with Gasteiger partial charge in [-0.15, -0.1) is 11.3 Å². The van der Waals surface area contributed by atoms with E-state index in [4.69, 9.17) is 9.72 Å². The number of ether oxygens (including phenoxy) is 1. The molecular weight excluding hydrogens is 394 g/mol. The first-order chi connectivity index (χ1) is 13.7. The second-order valence-electron chi connectivity index (χ2n) is 7.57. The van der Waals surface area contributed by atoms with E-state index in [1.54, 1.807) is 23.0 Å². The van der Waals surface area contributed by atoms with Gasteiger partial charge in [0.1, 0.15) is 4.83 Å². The molecule has 0 unspecified atom stereocenters. The standard InChI is InChI=1S/C20H27N3O3S2/c1-26-11-10-23-19(25)17-14-8-5-9-15(14)28-18(17)22-20(23)27-12-16(24)21-13-6-3-2-4-7-13/h13H,2-12H2,1H3,(H,21,24). The number of thioether (sulfide) groups is 1. The van der Waals surface area contributed by atoms with Crippen molar-refractivity contribution in [3.05, 3.63) is 20.8 Å². The van der Waals surface area contributed by atoms with Gasteiger partial charge in [-0.1, -0.05) is 31.0 Å². The Morgan fingerprint density at radius 1 is 1.29 bits per heavy atom. The molecule has 8 heteroatoms. The van der Waals surface area contributed by atoms with E-state index in [-0.39, 0.29) is 17.2 Å². The van der Waals surface area contributed by atoms with E-state index in [2.05, 4.69) is 5.32 Å². The molecule has 2 aliphatic carbocycles. The molecule has 0 aliphatic heterocycles. The number of rotatable bonds is 7. The average Bonchev–Trinajstić information content (AvgIpc) is 3.27. The molecule has 1 N–H and O–H groups in total.